The van der Waals surface area contributed by atoms with Crippen LogP contribution >= 0.6 is 0 Å². The second kappa shape index (κ2) is 5.06. The summed E-state index contributed by atoms with van der Waals surface area (Å²) < 4.78 is 0. The molecule has 0 aromatic heterocycles. The summed E-state index contributed by atoms with van der Waals surface area (Å²) >= 11 is 0. The molecule has 0 heteroatoms. The molecule has 0 radical (unpaired) electrons. The Morgan fingerprint density at radius 3 is 1.54 bits per heavy atom. The molecule has 0 saturated heterocycles. The van der Waals surface area contributed by atoms with E-state index in [1.807, 2.05) is 0 Å². The molecule has 0 atom stereocenters. The van der Waals surface area contributed by atoms with Crippen molar-refractivity contribution in [3.8, 4) is 11.1 Å². The van der Waals surface area contributed by atoms with Gasteiger partial charge in [-0.2, -0.15) is 0 Å². The van der Waals surface area contributed by atoms with Gasteiger partial charge >= 0.3 is 0 Å². The molecule has 0 fully saturated rings. The quantitative estimate of drug-likeness (QED) is 0.276. The third kappa shape index (κ3) is 1.90. The third-order valence-corrected chi connectivity index (χ3v) is 5.55. The maximum absolute atomic E-state index is 2.33. The van der Waals surface area contributed by atoms with Gasteiger partial charge in [-0.25, -0.2) is 0 Å². The van der Waals surface area contributed by atoms with Gasteiger partial charge in [0.2, 0.25) is 0 Å². The second-order valence-corrected chi connectivity index (χ2v) is 7.07. The molecule has 0 aliphatic carbocycles. The fourth-order valence-electron chi connectivity index (χ4n) is 4.29. The van der Waals surface area contributed by atoms with E-state index in [1.54, 1.807) is 0 Å². The highest BCUT2D eigenvalue weighted by Gasteiger charge is 2.10. The molecule has 0 saturated carbocycles. The summed E-state index contributed by atoms with van der Waals surface area (Å²) in [5.41, 5.74) is 2.55. The lowest BCUT2D eigenvalue weighted by molar-refractivity contribution is 1.69. The van der Waals surface area contributed by atoms with Crippen molar-refractivity contribution in [1.29, 1.82) is 0 Å². The van der Waals surface area contributed by atoms with Crippen LogP contribution in [0.5, 0.6) is 0 Å². The summed E-state index contributed by atoms with van der Waals surface area (Å²) in [4.78, 5) is 0. The molecule has 0 unspecified atom stereocenters. The lowest BCUT2D eigenvalue weighted by Crippen LogP contribution is -1.86. The Labute approximate surface area is 151 Å². The van der Waals surface area contributed by atoms with Gasteiger partial charge in [-0.3, -0.25) is 0 Å². The summed E-state index contributed by atoms with van der Waals surface area (Å²) in [7, 11) is 0. The molecule has 26 heavy (non-hydrogen) atoms. The second-order valence-electron chi connectivity index (χ2n) is 7.07. The van der Waals surface area contributed by atoms with E-state index in [0.29, 0.717) is 0 Å². The standard InChI is InChI=1S/C26H16/c1-2-5-20-14-21(11-8-17(20)4-1)24-15-22-12-9-18-6-3-7-19-10-13-23(16-24)26(22)25(18)19/h1-16H. The van der Waals surface area contributed by atoms with Crippen molar-refractivity contribution in [1.82, 2.24) is 0 Å². The maximum atomic E-state index is 2.33. The van der Waals surface area contributed by atoms with Crippen molar-refractivity contribution in [3.05, 3.63) is 97.1 Å². The van der Waals surface area contributed by atoms with Crippen LogP contribution in [0.25, 0.3) is 54.2 Å². The van der Waals surface area contributed by atoms with Gasteiger partial charge in [0.15, 0.2) is 0 Å². The molecule has 6 aromatic rings. The highest BCUT2D eigenvalue weighted by Crippen LogP contribution is 2.37. The van der Waals surface area contributed by atoms with Gasteiger partial charge in [0.25, 0.3) is 0 Å². The molecule has 0 nitrogen and oxygen atoms in total. The van der Waals surface area contributed by atoms with Gasteiger partial charge < -0.3 is 0 Å². The first kappa shape index (κ1) is 13.9. The zero-order valence-corrected chi connectivity index (χ0v) is 14.2. The SMILES string of the molecule is c1ccc2cc(-c3cc4ccc5cccc6ccc(c3)c4c56)ccc2c1. The number of benzene rings is 6. The fourth-order valence-corrected chi connectivity index (χ4v) is 4.29. The Morgan fingerprint density at radius 2 is 0.808 bits per heavy atom. The summed E-state index contributed by atoms with van der Waals surface area (Å²) in [5.74, 6) is 0. The number of rotatable bonds is 1. The van der Waals surface area contributed by atoms with Crippen LogP contribution in [-0.2, 0) is 0 Å². The zero-order valence-electron chi connectivity index (χ0n) is 14.2. The van der Waals surface area contributed by atoms with E-state index in [1.165, 1.54) is 54.2 Å². The highest BCUT2D eigenvalue weighted by molar-refractivity contribution is 6.23. The predicted molar refractivity (Wildman–Crippen MR) is 113 cm³/mol. The van der Waals surface area contributed by atoms with Crippen LogP contribution in [0, 0.1) is 0 Å². The first-order valence-electron chi connectivity index (χ1n) is 9.04. The van der Waals surface area contributed by atoms with Gasteiger partial charge in [-0.15, -0.1) is 0 Å². The van der Waals surface area contributed by atoms with E-state index in [2.05, 4.69) is 97.1 Å². The molecule has 0 heterocycles. The number of fused-ring (bicyclic) bond motifs is 1. The normalized spacial score (nSPS) is 11.8. The average Bonchev–Trinajstić information content (AvgIpc) is 2.71. The molecule has 0 spiro atoms. The average molecular weight is 328 g/mol. The van der Waals surface area contributed by atoms with Crippen LogP contribution in [0.4, 0.5) is 0 Å². The van der Waals surface area contributed by atoms with E-state index < -0.39 is 0 Å². The van der Waals surface area contributed by atoms with Crippen molar-refractivity contribution in [3.63, 3.8) is 0 Å². The Morgan fingerprint density at radius 1 is 0.308 bits per heavy atom. The Bertz CT molecular complexity index is 1360. The highest BCUT2D eigenvalue weighted by atomic mass is 14.1. The van der Waals surface area contributed by atoms with Crippen LogP contribution < -0.4 is 0 Å². The van der Waals surface area contributed by atoms with E-state index in [-0.39, 0.29) is 0 Å². The molecule has 0 aliphatic rings. The molecular weight excluding hydrogens is 312 g/mol. The van der Waals surface area contributed by atoms with Crippen LogP contribution in [0.3, 0.4) is 0 Å². The van der Waals surface area contributed by atoms with E-state index in [9.17, 15) is 0 Å². The molecule has 6 rings (SSSR count). The minimum absolute atomic E-state index is 1.27. The maximum Gasteiger partial charge on any atom is -0.00264 e. The van der Waals surface area contributed by atoms with Crippen molar-refractivity contribution in [2.24, 2.45) is 0 Å². The molecular formula is C26H16. The Hall–Kier alpha value is -3.38. The van der Waals surface area contributed by atoms with E-state index in [4.69, 9.17) is 0 Å². The van der Waals surface area contributed by atoms with Crippen LogP contribution in [0.15, 0.2) is 97.1 Å². The van der Waals surface area contributed by atoms with E-state index in [0.717, 1.165) is 0 Å². The molecule has 0 bridgehead atoms. The zero-order chi connectivity index (χ0) is 17.1. The molecule has 0 N–H and O–H groups in total. The van der Waals surface area contributed by atoms with Gasteiger partial charge in [0.05, 0.1) is 0 Å². The first-order valence-corrected chi connectivity index (χ1v) is 9.04. The Balaban J connectivity index is 1.68. The number of hydrogen-bond acceptors (Lipinski definition) is 0. The lowest BCUT2D eigenvalue weighted by Gasteiger charge is -2.13. The Kier molecular flexibility index (Phi) is 2.70. The van der Waals surface area contributed by atoms with E-state index >= 15 is 0 Å². The van der Waals surface area contributed by atoms with Crippen molar-refractivity contribution in [2.45, 2.75) is 0 Å². The minimum Gasteiger partial charge on any atom is -0.0616 e. The van der Waals surface area contributed by atoms with Crippen molar-refractivity contribution in [2.75, 3.05) is 0 Å². The van der Waals surface area contributed by atoms with Gasteiger partial charge in [0.1, 0.15) is 0 Å². The van der Waals surface area contributed by atoms with Gasteiger partial charge in [0, 0.05) is 0 Å². The minimum atomic E-state index is 1.27. The van der Waals surface area contributed by atoms with Crippen LogP contribution in [0.2, 0.25) is 0 Å². The monoisotopic (exact) mass is 328 g/mol. The van der Waals surface area contributed by atoms with Crippen molar-refractivity contribution < 1.29 is 0 Å². The third-order valence-electron chi connectivity index (χ3n) is 5.55. The molecule has 120 valence electrons. The first-order chi connectivity index (χ1) is 12.9. The summed E-state index contributed by atoms with van der Waals surface area (Å²) in [6.45, 7) is 0. The number of hydrogen-bond donors (Lipinski definition) is 0. The van der Waals surface area contributed by atoms with Gasteiger partial charge in [-0.05, 0) is 72.4 Å². The largest absolute Gasteiger partial charge is 0.0616 e. The van der Waals surface area contributed by atoms with Gasteiger partial charge in [-0.1, -0.05) is 78.9 Å². The smallest absolute Gasteiger partial charge is 0.00264 e. The summed E-state index contributed by atoms with van der Waals surface area (Å²) in [6, 6.07) is 35.5. The molecule has 6 aromatic carbocycles. The topological polar surface area (TPSA) is 0 Å². The summed E-state index contributed by atoms with van der Waals surface area (Å²) in [6.07, 6.45) is 0. The van der Waals surface area contributed by atoms with Crippen LogP contribution in [-0.4, -0.2) is 0 Å². The molecule has 0 aliphatic heterocycles. The van der Waals surface area contributed by atoms with Crippen molar-refractivity contribution >= 4 is 43.1 Å². The lowest BCUT2D eigenvalue weighted by atomic mass is 9.91. The molecule has 0 amide bonds. The summed E-state index contributed by atoms with van der Waals surface area (Å²) in [5, 5.41) is 10.6. The van der Waals surface area contributed by atoms with Crippen LogP contribution in [0.1, 0.15) is 0 Å². The predicted octanol–water partition coefficient (Wildman–Crippen LogP) is 7.40. The fraction of sp³-hybridized carbons (Fsp3) is 0.